The van der Waals surface area contributed by atoms with Gasteiger partial charge in [0, 0.05) is 30.3 Å². The van der Waals surface area contributed by atoms with Crippen LogP contribution in [0.4, 0.5) is 5.69 Å². The average Bonchev–Trinajstić information content (AvgIpc) is 2.53. The first kappa shape index (κ1) is 14.8. The first-order valence-electron chi connectivity index (χ1n) is 6.97. The minimum Gasteiger partial charge on any atom is -0.324 e. The summed E-state index contributed by atoms with van der Waals surface area (Å²) in [6.07, 6.45) is 4.90. The summed E-state index contributed by atoms with van der Waals surface area (Å²) >= 11 is 1.44. The molecule has 0 bridgehead atoms. The summed E-state index contributed by atoms with van der Waals surface area (Å²) in [5, 5.41) is 3.57. The molecule has 22 heavy (non-hydrogen) atoms. The minimum absolute atomic E-state index is 0.0763. The van der Waals surface area contributed by atoms with Crippen molar-refractivity contribution >= 4 is 23.4 Å². The Morgan fingerprint density at radius 2 is 2.18 bits per heavy atom. The van der Waals surface area contributed by atoms with Crippen LogP contribution < -0.4 is 10.9 Å². The van der Waals surface area contributed by atoms with Crippen molar-refractivity contribution in [3.8, 4) is 0 Å². The highest BCUT2D eigenvalue weighted by molar-refractivity contribution is 7.99. The molecule has 0 aliphatic carbocycles. The maximum atomic E-state index is 12.4. The van der Waals surface area contributed by atoms with Crippen molar-refractivity contribution in [3.63, 3.8) is 0 Å². The zero-order chi connectivity index (χ0) is 15.7. The normalized spacial score (nSPS) is 16.9. The number of pyridine rings is 1. The van der Waals surface area contributed by atoms with Gasteiger partial charge in [-0.2, -0.15) is 0 Å². The largest absolute Gasteiger partial charge is 0.324 e. The first-order chi connectivity index (χ1) is 10.6. The first-order valence-corrected chi connectivity index (χ1v) is 7.95. The quantitative estimate of drug-likeness (QED) is 0.852. The molecular weight excluding hydrogens is 300 g/mol. The van der Waals surface area contributed by atoms with E-state index in [-0.39, 0.29) is 17.4 Å². The maximum absolute atomic E-state index is 12.4. The van der Waals surface area contributed by atoms with E-state index >= 15 is 0 Å². The van der Waals surface area contributed by atoms with Gasteiger partial charge in [0.15, 0.2) is 5.16 Å². The van der Waals surface area contributed by atoms with Gasteiger partial charge in [0.1, 0.15) is 0 Å². The lowest BCUT2D eigenvalue weighted by atomic mass is 10.1. The molecule has 1 atom stereocenters. The van der Waals surface area contributed by atoms with Crippen molar-refractivity contribution in [1.29, 1.82) is 0 Å². The van der Waals surface area contributed by atoms with Gasteiger partial charge in [0.25, 0.3) is 5.56 Å². The molecule has 7 heteroatoms. The Hall–Kier alpha value is -2.15. The highest BCUT2D eigenvalue weighted by Crippen LogP contribution is 2.26. The van der Waals surface area contributed by atoms with E-state index in [9.17, 15) is 9.59 Å². The Morgan fingerprint density at radius 1 is 1.36 bits per heavy atom. The Labute approximate surface area is 132 Å². The number of amides is 1. The monoisotopic (exact) mass is 316 g/mol. The van der Waals surface area contributed by atoms with Gasteiger partial charge in [-0.15, -0.1) is 0 Å². The van der Waals surface area contributed by atoms with Gasteiger partial charge >= 0.3 is 0 Å². The van der Waals surface area contributed by atoms with Crippen LogP contribution in [0.25, 0.3) is 0 Å². The summed E-state index contributed by atoms with van der Waals surface area (Å²) in [4.78, 5) is 32.9. The highest BCUT2D eigenvalue weighted by atomic mass is 32.2. The van der Waals surface area contributed by atoms with Crippen molar-refractivity contribution in [2.75, 3.05) is 11.1 Å². The van der Waals surface area contributed by atoms with E-state index in [0.717, 1.165) is 5.56 Å². The van der Waals surface area contributed by atoms with E-state index in [1.165, 1.54) is 11.8 Å². The third-order valence-electron chi connectivity index (χ3n) is 3.67. The third-order valence-corrected chi connectivity index (χ3v) is 4.82. The summed E-state index contributed by atoms with van der Waals surface area (Å²) in [5.74, 6) is 0.252. The van der Waals surface area contributed by atoms with Crippen LogP contribution in [0.3, 0.4) is 0 Å². The molecule has 2 aromatic rings. The van der Waals surface area contributed by atoms with Crippen LogP contribution in [0.15, 0.2) is 34.6 Å². The van der Waals surface area contributed by atoms with Crippen LogP contribution in [-0.4, -0.2) is 26.2 Å². The number of rotatable bonds is 2. The van der Waals surface area contributed by atoms with Gasteiger partial charge in [-0.1, -0.05) is 11.8 Å². The molecular formula is C15H16N4O2S. The molecule has 2 aromatic heterocycles. The molecule has 114 valence electrons. The summed E-state index contributed by atoms with van der Waals surface area (Å²) in [5.41, 5.74) is 2.18. The second kappa shape index (κ2) is 5.92. The van der Waals surface area contributed by atoms with Crippen LogP contribution in [0.1, 0.15) is 11.1 Å². The Bertz CT molecular complexity index is 787. The van der Waals surface area contributed by atoms with Crippen molar-refractivity contribution in [3.05, 3.63) is 46.1 Å². The van der Waals surface area contributed by atoms with Gasteiger partial charge in [0.05, 0.1) is 17.8 Å². The van der Waals surface area contributed by atoms with Crippen LogP contribution in [0.2, 0.25) is 0 Å². The molecule has 1 aliphatic heterocycles. The predicted octanol–water partition coefficient (Wildman–Crippen LogP) is 1.62. The second-order valence-electron chi connectivity index (χ2n) is 5.33. The fourth-order valence-corrected chi connectivity index (χ4v) is 3.34. The Balaban J connectivity index is 1.80. The predicted molar refractivity (Wildman–Crippen MR) is 85.1 cm³/mol. The van der Waals surface area contributed by atoms with Crippen LogP contribution in [-0.2, 0) is 11.3 Å². The second-order valence-corrected chi connectivity index (χ2v) is 6.31. The SMILES string of the molecule is Cc1ccncc1NC(=O)[C@@H]1CSc2ncc(C)c(=O)n2C1. The Kier molecular flexibility index (Phi) is 3.98. The number of thioether (sulfide) groups is 1. The lowest BCUT2D eigenvalue weighted by Crippen LogP contribution is -2.37. The van der Waals surface area contributed by atoms with Crippen LogP contribution >= 0.6 is 11.8 Å². The van der Waals surface area contributed by atoms with Crippen molar-refractivity contribution in [1.82, 2.24) is 14.5 Å². The van der Waals surface area contributed by atoms with Gasteiger partial charge in [0.2, 0.25) is 5.91 Å². The molecule has 1 aliphatic rings. The zero-order valence-corrected chi connectivity index (χ0v) is 13.2. The number of carbonyl (C=O) groups is 1. The number of aryl methyl sites for hydroxylation is 2. The molecule has 0 saturated carbocycles. The molecule has 1 N–H and O–H groups in total. The number of fused-ring (bicyclic) bond motifs is 1. The van der Waals surface area contributed by atoms with Gasteiger partial charge in [-0.25, -0.2) is 4.98 Å². The molecule has 0 saturated heterocycles. The molecule has 0 radical (unpaired) electrons. The molecule has 0 unspecified atom stereocenters. The van der Waals surface area contributed by atoms with E-state index in [0.29, 0.717) is 28.7 Å². The number of hydrogen-bond acceptors (Lipinski definition) is 5. The fourth-order valence-electron chi connectivity index (χ4n) is 2.29. The molecule has 0 spiro atoms. The van der Waals surface area contributed by atoms with E-state index in [1.54, 1.807) is 30.1 Å². The van der Waals surface area contributed by atoms with E-state index in [4.69, 9.17) is 0 Å². The Morgan fingerprint density at radius 3 is 2.95 bits per heavy atom. The molecule has 3 heterocycles. The van der Waals surface area contributed by atoms with E-state index in [2.05, 4.69) is 15.3 Å². The minimum atomic E-state index is -0.265. The average molecular weight is 316 g/mol. The molecule has 3 rings (SSSR count). The third kappa shape index (κ3) is 2.76. The topological polar surface area (TPSA) is 76.9 Å². The molecule has 0 aromatic carbocycles. The number of nitrogens with one attached hydrogen (secondary N) is 1. The van der Waals surface area contributed by atoms with Gasteiger partial charge < -0.3 is 5.32 Å². The number of hydrogen-bond donors (Lipinski definition) is 1. The standard InChI is InChI=1S/C15H16N4O2S/c1-9-3-4-16-6-12(9)18-13(20)11-7-19-14(21)10(2)5-17-15(19)22-8-11/h3-6,11H,7-8H2,1-2H3,(H,18,20)/t11-/m0/s1. The number of anilines is 1. The fraction of sp³-hybridized carbons (Fsp3) is 0.333. The maximum Gasteiger partial charge on any atom is 0.257 e. The van der Waals surface area contributed by atoms with Crippen LogP contribution in [0, 0.1) is 19.8 Å². The van der Waals surface area contributed by atoms with Crippen molar-refractivity contribution in [2.24, 2.45) is 5.92 Å². The molecule has 0 fully saturated rings. The van der Waals surface area contributed by atoms with Crippen LogP contribution in [0.5, 0.6) is 0 Å². The molecule has 1 amide bonds. The summed E-state index contributed by atoms with van der Waals surface area (Å²) in [7, 11) is 0. The highest BCUT2D eigenvalue weighted by Gasteiger charge is 2.27. The summed E-state index contributed by atoms with van der Waals surface area (Å²) in [6, 6.07) is 1.85. The van der Waals surface area contributed by atoms with E-state index in [1.807, 2.05) is 13.0 Å². The smallest absolute Gasteiger partial charge is 0.257 e. The summed E-state index contributed by atoms with van der Waals surface area (Å²) in [6.45, 7) is 4.01. The van der Waals surface area contributed by atoms with Gasteiger partial charge in [-0.05, 0) is 25.5 Å². The zero-order valence-electron chi connectivity index (χ0n) is 12.4. The number of carbonyl (C=O) groups excluding carboxylic acids is 1. The van der Waals surface area contributed by atoms with Gasteiger partial charge in [-0.3, -0.25) is 19.1 Å². The lowest BCUT2D eigenvalue weighted by molar-refractivity contribution is -0.119. The van der Waals surface area contributed by atoms with Crippen molar-refractivity contribution in [2.45, 2.75) is 25.5 Å². The van der Waals surface area contributed by atoms with Crippen molar-refractivity contribution < 1.29 is 4.79 Å². The lowest BCUT2D eigenvalue weighted by Gasteiger charge is -2.24. The molecule has 6 nitrogen and oxygen atoms in total. The number of nitrogens with zero attached hydrogens (tertiary/aromatic N) is 3. The van der Waals surface area contributed by atoms with E-state index < -0.39 is 0 Å². The number of aromatic nitrogens is 3. The summed E-state index contributed by atoms with van der Waals surface area (Å²) < 4.78 is 1.59.